The number of H-pyrrole nitrogens is 1. The van der Waals surface area contributed by atoms with Crippen molar-refractivity contribution >= 4 is 23.1 Å². The molecular weight excluding hydrogens is 478 g/mol. The van der Waals surface area contributed by atoms with Crippen molar-refractivity contribution in [2.45, 2.75) is 121 Å². The minimum absolute atomic E-state index is 0.0387. The number of nitrogens with zero attached hydrogens (tertiary/aromatic N) is 3. The molecule has 208 valence electrons. The summed E-state index contributed by atoms with van der Waals surface area (Å²) in [6, 6.07) is 0. The van der Waals surface area contributed by atoms with Gasteiger partial charge in [-0.25, -0.2) is 4.98 Å². The Kier molecular flexibility index (Phi) is 11.8. The van der Waals surface area contributed by atoms with Crippen molar-refractivity contribution in [2.75, 3.05) is 12.3 Å². The number of nitrogens with two attached hydrogens (primary N) is 1. The molecule has 11 heteroatoms. The van der Waals surface area contributed by atoms with Gasteiger partial charge < -0.3 is 25.4 Å². The number of ether oxygens (including phenoxy) is 2. The van der Waals surface area contributed by atoms with Crippen LogP contribution in [0, 0.1) is 0 Å². The van der Waals surface area contributed by atoms with E-state index in [0.717, 1.165) is 12.8 Å². The van der Waals surface area contributed by atoms with E-state index in [-0.39, 0.29) is 23.5 Å². The van der Waals surface area contributed by atoms with Crippen molar-refractivity contribution < 1.29 is 24.5 Å². The highest BCUT2D eigenvalue weighted by molar-refractivity contribution is 5.71. The lowest BCUT2D eigenvalue weighted by atomic mass is 10.0. The molecule has 0 aromatic carbocycles. The maximum absolute atomic E-state index is 12.6. The summed E-state index contributed by atoms with van der Waals surface area (Å²) in [4.78, 5) is 35.2. The molecule has 3 heterocycles. The van der Waals surface area contributed by atoms with Crippen molar-refractivity contribution in [2.24, 2.45) is 0 Å². The Balaban J connectivity index is 1.40. The quantitative estimate of drug-likeness (QED) is 0.180. The number of carbonyl (C=O) groups is 1. The van der Waals surface area contributed by atoms with E-state index < -0.39 is 42.7 Å². The van der Waals surface area contributed by atoms with Gasteiger partial charge in [0, 0.05) is 6.42 Å². The molecule has 0 amide bonds. The number of hydrogen-bond acceptors (Lipinski definition) is 9. The number of rotatable bonds is 17. The van der Waals surface area contributed by atoms with Crippen LogP contribution in [0.4, 0.5) is 5.95 Å². The van der Waals surface area contributed by atoms with E-state index in [1.165, 1.54) is 75.1 Å². The summed E-state index contributed by atoms with van der Waals surface area (Å²) in [6.07, 6.45) is 13.0. The third-order valence-electron chi connectivity index (χ3n) is 6.97. The van der Waals surface area contributed by atoms with Crippen molar-refractivity contribution in [1.82, 2.24) is 19.5 Å². The largest absolute Gasteiger partial charge is 0.455 e. The summed E-state index contributed by atoms with van der Waals surface area (Å²) in [7, 11) is 0. The van der Waals surface area contributed by atoms with Gasteiger partial charge in [-0.05, 0) is 6.42 Å². The van der Waals surface area contributed by atoms with E-state index in [4.69, 9.17) is 15.2 Å². The van der Waals surface area contributed by atoms with Gasteiger partial charge in [-0.15, -0.1) is 0 Å². The fourth-order valence-electron chi connectivity index (χ4n) is 4.85. The molecule has 0 unspecified atom stereocenters. The van der Waals surface area contributed by atoms with Gasteiger partial charge >= 0.3 is 5.97 Å². The molecule has 1 aliphatic heterocycles. The molecule has 1 fully saturated rings. The first kappa shape index (κ1) is 29.1. The van der Waals surface area contributed by atoms with Crippen LogP contribution in [0.25, 0.3) is 11.2 Å². The molecule has 0 aliphatic carbocycles. The first-order valence-electron chi connectivity index (χ1n) is 13.8. The number of nitrogens with one attached hydrogen (secondary N) is 1. The number of fused-ring (bicyclic) bond motifs is 1. The lowest BCUT2D eigenvalue weighted by Crippen LogP contribution is -2.37. The predicted octanol–water partition coefficient (Wildman–Crippen LogP) is 3.35. The Hall–Kier alpha value is -2.50. The molecule has 0 radical (unpaired) electrons. The lowest BCUT2D eigenvalue weighted by Gasteiger charge is -2.22. The molecule has 0 spiro atoms. The fourth-order valence-corrected chi connectivity index (χ4v) is 4.85. The summed E-state index contributed by atoms with van der Waals surface area (Å²) >= 11 is 0. The number of unbranched alkanes of at least 4 members (excludes halogenated alkanes) is 12. The smallest absolute Gasteiger partial charge is 0.306 e. The van der Waals surface area contributed by atoms with E-state index >= 15 is 0 Å². The third kappa shape index (κ3) is 8.24. The van der Waals surface area contributed by atoms with Crippen LogP contribution < -0.4 is 11.3 Å². The highest BCUT2D eigenvalue weighted by atomic mass is 16.6. The molecule has 1 saturated heterocycles. The Morgan fingerprint density at radius 3 is 2.27 bits per heavy atom. The standard InChI is InChI=1S/C26H43N5O6/c1-2-3-4-5-6-7-8-9-10-11-12-13-14-15-19(33)37-22-21(34)18(16-32)36-25(22)31-17-28-20-23(31)29-26(27)30-24(20)35/h17-18,21-22,25,32,34H,2-16H2,1H3,(H3,27,29,30,35)/t18-,21-,22-,25-/m1/s1. The first-order valence-corrected chi connectivity index (χ1v) is 13.8. The lowest BCUT2D eigenvalue weighted by molar-refractivity contribution is -0.158. The second kappa shape index (κ2) is 15.0. The molecule has 2 aromatic heterocycles. The van der Waals surface area contributed by atoms with Gasteiger partial charge in [0.05, 0.1) is 12.9 Å². The zero-order valence-electron chi connectivity index (χ0n) is 21.9. The number of anilines is 1. The van der Waals surface area contributed by atoms with Gasteiger partial charge in [-0.2, -0.15) is 4.98 Å². The van der Waals surface area contributed by atoms with E-state index in [0.29, 0.717) is 6.42 Å². The molecule has 1 aliphatic rings. The average Bonchev–Trinajstić information content (AvgIpc) is 3.43. The highest BCUT2D eigenvalue weighted by Gasteiger charge is 2.47. The SMILES string of the molecule is CCCCCCCCCCCCCCCC(=O)O[C@@H]1[C@H](O)[C@@H](CO)O[C@H]1n1cnc2c(=O)[nH]c(N)nc21. The van der Waals surface area contributed by atoms with Crippen molar-refractivity contribution in [3.05, 3.63) is 16.7 Å². The summed E-state index contributed by atoms with van der Waals surface area (Å²) in [5.41, 5.74) is 5.32. The molecule has 3 rings (SSSR count). The average molecular weight is 522 g/mol. The van der Waals surface area contributed by atoms with Crippen LogP contribution in [-0.2, 0) is 14.3 Å². The van der Waals surface area contributed by atoms with Crippen molar-refractivity contribution in [1.29, 1.82) is 0 Å². The number of aromatic amines is 1. The molecule has 37 heavy (non-hydrogen) atoms. The topological polar surface area (TPSA) is 166 Å². The Bertz CT molecular complexity index is 1020. The van der Waals surface area contributed by atoms with Crippen LogP contribution in [0.3, 0.4) is 0 Å². The van der Waals surface area contributed by atoms with Crippen molar-refractivity contribution in [3.8, 4) is 0 Å². The maximum atomic E-state index is 12.6. The number of esters is 1. The van der Waals surface area contributed by atoms with Gasteiger partial charge in [0.2, 0.25) is 5.95 Å². The van der Waals surface area contributed by atoms with Gasteiger partial charge in [0.1, 0.15) is 12.2 Å². The summed E-state index contributed by atoms with van der Waals surface area (Å²) < 4.78 is 12.7. The summed E-state index contributed by atoms with van der Waals surface area (Å²) in [5.74, 6) is -0.554. The molecule has 2 aromatic rings. The van der Waals surface area contributed by atoms with Crippen LogP contribution >= 0.6 is 0 Å². The van der Waals surface area contributed by atoms with Crippen LogP contribution in [0.5, 0.6) is 0 Å². The van der Waals surface area contributed by atoms with Crippen LogP contribution in [-0.4, -0.2) is 60.6 Å². The van der Waals surface area contributed by atoms with Gasteiger partial charge in [-0.3, -0.25) is 19.1 Å². The van der Waals surface area contributed by atoms with E-state index in [1.807, 2.05) is 0 Å². The molecule has 4 atom stereocenters. The number of aliphatic hydroxyl groups excluding tert-OH is 2. The second-order valence-corrected chi connectivity index (χ2v) is 9.96. The van der Waals surface area contributed by atoms with Crippen LogP contribution in [0.2, 0.25) is 0 Å². The van der Waals surface area contributed by atoms with Crippen LogP contribution in [0.15, 0.2) is 11.1 Å². The minimum atomic E-state index is -1.25. The summed E-state index contributed by atoms with van der Waals surface area (Å²) in [6.45, 7) is 1.78. The van der Waals surface area contributed by atoms with Crippen LogP contribution in [0.1, 0.15) is 103 Å². The Morgan fingerprint density at radius 2 is 1.68 bits per heavy atom. The fraction of sp³-hybridized carbons (Fsp3) is 0.769. The Morgan fingerprint density at radius 1 is 1.08 bits per heavy atom. The first-order chi connectivity index (χ1) is 18.0. The van der Waals surface area contributed by atoms with E-state index in [1.54, 1.807) is 0 Å². The molecule has 0 bridgehead atoms. The highest BCUT2D eigenvalue weighted by Crippen LogP contribution is 2.33. The molecular formula is C26H43N5O6. The molecule has 0 saturated carbocycles. The molecule has 11 nitrogen and oxygen atoms in total. The molecule has 5 N–H and O–H groups in total. The minimum Gasteiger partial charge on any atom is -0.455 e. The summed E-state index contributed by atoms with van der Waals surface area (Å²) in [5, 5.41) is 20.2. The zero-order chi connectivity index (χ0) is 26.6. The number of aromatic nitrogens is 4. The number of aliphatic hydroxyl groups is 2. The number of imidazole rings is 1. The number of nitrogen functional groups attached to an aromatic ring is 1. The van der Waals surface area contributed by atoms with E-state index in [9.17, 15) is 19.8 Å². The van der Waals surface area contributed by atoms with E-state index in [2.05, 4.69) is 21.9 Å². The van der Waals surface area contributed by atoms with Gasteiger partial charge in [0.25, 0.3) is 5.56 Å². The second-order valence-electron chi connectivity index (χ2n) is 9.96. The maximum Gasteiger partial charge on any atom is 0.306 e. The van der Waals surface area contributed by atoms with Gasteiger partial charge in [-0.1, -0.05) is 84.0 Å². The number of hydrogen-bond donors (Lipinski definition) is 4. The number of carbonyl (C=O) groups excluding carboxylic acids is 1. The normalized spacial score (nSPS) is 21.6. The van der Waals surface area contributed by atoms with Gasteiger partial charge in [0.15, 0.2) is 23.5 Å². The Labute approximate surface area is 217 Å². The zero-order valence-corrected chi connectivity index (χ0v) is 21.9. The monoisotopic (exact) mass is 521 g/mol. The van der Waals surface area contributed by atoms with Crippen molar-refractivity contribution in [3.63, 3.8) is 0 Å². The predicted molar refractivity (Wildman–Crippen MR) is 140 cm³/mol. The third-order valence-corrected chi connectivity index (χ3v) is 6.97.